The molecule has 3 heterocycles. The van der Waals surface area contributed by atoms with E-state index in [0.717, 1.165) is 0 Å². The minimum Gasteiger partial charge on any atom is -0.474 e. The number of anilines is 2. The van der Waals surface area contributed by atoms with Crippen molar-refractivity contribution in [2.45, 2.75) is 6.10 Å². The van der Waals surface area contributed by atoms with E-state index in [2.05, 4.69) is 10.7 Å². The van der Waals surface area contributed by atoms with Crippen molar-refractivity contribution in [3.63, 3.8) is 0 Å². The number of thiocarbonyl (C=S) groups is 1. The van der Waals surface area contributed by atoms with Crippen LogP contribution in [0.3, 0.4) is 0 Å². The molecule has 202 valence electrons. The summed E-state index contributed by atoms with van der Waals surface area (Å²) in [4.78, 5) is 38.1. The molecule has 15 heteroatoms. The van der Waals surface area contributed by atoms with Gasteiger partial charge < -0.3 is 24.1 Å². The lowest BCUT2D eigenvalue weighted by molar-refractivity contribution is -0.402. The number of cyclic esters (lactones) is 1. The van der Waals surface area contributed by atoms with Gasteiger partial charge in [-0.25, -0.2) is 14.6 Å². The molecule has 2 fully saturated rings. The van der Waals surface area contributed by atoms with E-state index in [-0.39, 0.29) is 36.5 Å². The number of hydrogen-bond acceptors (Lipinski definition) is 10. The first-order chi connectivity index (χ1) is 18.2. The predicted octanol–water partition coefficient (Wildman–Crippen LogP) is 2.04. The zero-order valence-electron chi connectivity index (χ0n) is 20.3. The number of methoxy groups -OCH3 is 1. The van der Waals surface area contributed by atoms with Gasteiger partial charge in [-0.15, -0.1) is 0 Å². The van der Waals surface area contributed by atoms with Crippen LogP contribution in [0.5, 0.6) is 0 Å². The first-order valence-corrected chi connectivity index (χ1v) is 12.0. The topological polar surface area (TPSA) is 143 Å². The summed E-state index contributed by atoms with van der Waals surface area (Å²) in [6.45, 7) is 1.87. The second kappa shape index (κ2) is 11.9. The quantitative estimate of drug-likeness (QED) is 0.227. The molecule has 0 aliphatic carbocycles. The lowest BCUT2D eigenvalue weighted by atomic mass is 10.2. The Morgan fingerprint density at radius 2 is 2.16 bits per heavy atom. The summed E-state index contributed by atoms with van der Waals surface area (Å²) in [5.41, 5.74) is 3.68. The maximum absolute atomic E-state index is 15.1. The van der Waals surface area contributed by atoms with Crippen molar-refractivity contribution in [2.24, 2.45) is 0 Å². The van der Waals surface area contributed by atoms with E-state index >= 15 is 4.39 Å². The van der Waals surface area contributed by atoms with Crippen molar-refractivity contribution in [1.82, 2.24) is 15.8 Å². The number of furan rings is 1. The van der Waals surface area contributed by atoms with Gasteiger partial charge in [-0.3, -0.25) is 24.8 Å². The van der Waals surface area contributed by atoms with Crippen LogP contribution in [0.4, 0.5) is 26.4 Å². The molecule has 0 bridgehead atoms. The van der Waals surface area contributed by atoms with Crippen molar-refractivity contribution in [1.29, 1.82) is 0 Å². The van der Waals surface area contributed by atoms with Crippen molar-refractivity contribution in [2.75, 3.05) is 56.2 Å². The molecule has 13 nitrogen and oxygen atoms in total. The molecule has 2 saturated heterocycles. The molecule has 1 atom stereocenters. The van der Waals surface area contributed by atoms with E-state index in [9.17, 15) is 19.7 Å². The van der Waals surface area contributed by atoms with Gasteiger partial charge in [-0.2, -0.15) is 0 Å². The third-order valence-corrected chi connectivity index (χ3v) is 6.15. The van der Waals surface area contributed by atoms with Crippen LogP contribution in [0.25, 0.3) is 6.08 Å². The Hall–Kier alpha value is -4.24. The molecule has 2 aliphatic rings. The Kier molecular flexibility index (Phi) is 8.38. The van der Waals surface area contributed by atoms with Gasteiger partial charge >= 0.3 is 12.0 Å². The van der Waals surface area contributed by atoms with E-state index < -0.39 is 28.8 Å². The molecule has 2 amide bonds. The third-order valence-electron chi connectivity index (χ3n) is 5.84. The molecule has 2 N–H and O–H groups in total. The number of nitrogens with one attached hydrogen (secondary N) is 2. The van der Waals surface area contributed by atoms with Crippen LogP contribution in [0.2, 0.25) is 0 Å². The summed E-state index contributed by atoms with van der Waals surface area (Å²) in [6, 6.07) is 7.10. The van der Waals surface area contributed by atoms with E-state index in [0.29, 0.717) is 31.0 Å². The van der Waals surface area contributed by atoms with Crippen LogP contribution in [-0.4, -0.2) is 79.6 Å². The van der Waals surface area contributed by atoms with Crippen LogP contribution < -0.4 is 20.5 Å². The summed E-state index contributed by atoms with van der Waals surface area (Å²) < 4.78 is 30.3. The van der Waals surface area contributed by atoms with Gasteiger partial charge in [-0.05, 0) is 42.6 Å². The van der Waals surface area contributed by atoms with E-state index in [4.69, 9.17) is 26.1 Å². The van der Waals surface area contributed by atoms with Gasteiger partial charge in [0.15, 0.2) is 0 Å². The summed E-state index contributed by atoms with van der Waals surface area (Å²) in [7, 11) is 1.43. The van der Waals surface area contributed by atoms with E-state index in [1.54, 1.807) is 17.0 Å². The largest absolute Gasteiger partial charge is 0.474 e. The van der Waals surface area contributed by atoms with E-state index in [1.807, 2.05) is 0 Å². The Balaban J connectivity index is 1.34. The van der Waals surface area contributed by atoms with Crippen LogP contribution in [0, 0.1) is 15.9 Å². The lowest BCUT2D eigenvalue weighted by Gasteiger charge is -2.24. The highest BCUT2D eigenvalue weighted by molar-refractivity contribution is 7.80. The summed E-state index contributed by atoms with van der Waals surface area (Å²) in [5, 5.41) is 15.1. The van der Waals surface area contributed by atoms with Gasteiger partial charge in [0.1, 0.15) is 22.6 Å². The van der Waals surface area contributed by atoms with Crippen LogP contribution >= 0.6 is 12.2 Å². The van der Waals surface area contributed by atoms with Crippen molar-refractivity contribution in [3.8, 4) is 0 Å². The monoisotopic (exact) mass is 548 g/mol. The SMILES string of the molecule is COC(=S)NC[C@H]1CN(c2ccc(N3CCNN(C(=O)/C=C/c4ccc([N+](=O)[O-])o4)CC3)c(F)c2)C(=O)O1. The summed E-state index contributed by atoms with van der Waals surface area (Å²) in [6.07, 6.45) is 1.52. The first-order valence-electron chi connectivity index (χ1n) is 11.6. The van der Waals surface area contributed by atoms with Gasteiger partial charge in [0.25, 0.3) is 11.1 Å². The summed E-state index contributed by atoms with van der Waals surface area (Å²) >= 11 is 4.91. The van der Waals surface area contributed by atoms with Gasteiger partial charge in [0, 0.05) is 25.7 Å². The van der Waals surface area contributed by atoms with Gasteiger partial charge in [0.05, 0.1) is 44.2 Å². The Labute approximate surface area is 221 Å². The number of carbonyl (C=O) groups is 2. The fraction of sp³-hybridized carbons (Fsp3) is 0.348. The second-order valence-corrected chi connectivity index (χ2v) is 8.65. The number of carbonyl (C=O) groups excluding carboxylic acids is 2. The van der Waals surface area contributed by atoms with Crippen LogP contribution in [0.1, 0.15) is 5.76 Å². The maximum atomic E-state index is 15.1. The number of benzene rings is 1. The molecular weight excluding hydrogens is 523 g/mol. The van der Waals surface area contributed by atoms with Crippen molar-refractivity contribution < 1.29 is 32.8 Å². The molecule has 1 aromatic carbocycles. The zero-order valence-corrected chi connectivity index (χ0v) is 21.1. The molecule has 0 unspecified atom stereocenters. The number of rotatable bonds is 7. The minimum absolute atomic E-state index is 0.173. The molecule has 0 saturated carbocycles. The number of halogens is 1. The Morgan fingerprint density at radius 3 is 2.87 bits per heavy atom. The predicted molar refractivity (Wildman–Crippen MR) is 138 cm³/mol. The number of nitrogens with zero attached hydrogens (tertiary/aromatic N) is 4. The van der Waals surface area contributed by atoms with Crippen molar-refractivity contribution >= 4 is 52.7 Å². The highest BCUT2D eigenvalue weighted by Crippen LogP contribution is 2.28. The fourth-order valence-electron chi connectivity index (χ4n) is 3.96. The molecule has 4 rings (SSSR count). The van der Waals surface area contributed by atoms with Crippen molar-refractivity contribution in [3.05, 3.63) is 58.1 Å². The highest BCUT2D eigenvalue weighted by Gasteiger charge is 2.33. The Morgan fingerprint density at radius 1 is 1.34 bits per heavy atom. The standard InChI is InChI=1S/C23H25FN6O7S/c1-35-22(38)25-13-17-14-28(23(32)37-17)15-2-5-19(18(24)12-15)27-9-8-26-29(11-10-27)20(31)6-3-16-4-7-21(36-16)30(33)34/h2-7,12,17,26H,8-11,13-14H2,1H3,(H,25,38)/b6-3+/t17-/m0/s1. The fourth-order valence-corrected chi connectivity index (χ4v) is 4.05. The molecule has 1 aromatic heterocycles. The molecule has 2 aromatic rings. The molecular formula is C23H25FN6O7S. The first kappa shape index (κ1) is 26.8. The number of hydrazine groups is 1. The number of nitro groups is 1. The van der Waals surface area contributed by atoms with Gasteiger partial charge in [0.2, 0.25) is 0 Å². The molecule has 0 radical (unpaired) electrons. The molecule has 2 aliphatic heterocycles. The number of amides is 2. The van der Waals surface area contributed by atoms with Gasteiger partial charge in [-0.1, -0.05) is 0 Å². The molecule has 0 spiro atoms. The number of hydrogen-bond donors (Lipinski definition) is 2. The van der Waals surface area contributed by atoms with Crippen LogP contribution in [-0.2, 0) is 14.3 Å². The smallest absolute Gasteiger partial charge is 0.433 e. The lowest BCUT2D eigenvalue weighted by Crippen LogP contribution is -2.42. The Bertz CT molecular complexity index is 1250. The second-order valence-electron chi connectivity index (χ2n) is 8.28. The highest BCUT2D eigenvalue weighted by atomic mass is 32.1. The average molecular weight is 549 g/mol. The molecule has 38 heavy (non-hydrogen) atoms. The maximum Gasteiger partial charge on any atom is 0.433 e. The number of ether oxygens (including phenoxy) is 2. The third kappa shape index (κ3) is 6.36. The average Bonchev–Trinajstić information content (AvgIpc) is 3.45. The normalized spacial score (nSPS) is 17.9. The van der Waals surface area contributed by atoms with Crippen LogP contribution in [0.15, 0.2) is 40.8 Å². The zero-order chi connectivity index (χ0) is 27.2. The minimum atomic E-state index is -0.665. The summed E-state index contributed by atoms with van der Waals surface area (Å²) in [5.74, 6) is -1.15. The van der Waals surface area contributed by atoms with E-state index in [1.165, 1.54) is 47.4 Å².